The lowest BCUT2D eigenvalue weighted by Crippen LogP contribution is -2.30. The molecule has 0 saturated heterocycles. The Morgan fingerprint density at radius 2 is 1.45 bits per heavy atom. The first kappa shape index (κ1) is 18.8. The van der Waals surface area contributed by atoms with Gasteiger partial charge in [-0.05, 0) is 6.42 Å². The number of rotatable bonds is 13. The monoisotopic (exact) mass is 289 g/mol. The van der Waals surface area contributed by atoms with E-state index in [2.05, 4.69) is 10.6 Å². The molecule has 0 heterocycles. The topological polar surface area (TPSA) is 103 Å². The number of ether oxygens (including phenoxy) is 2. The molecule has 0 aliphatic rings. The van der Waals surface area contributed by atoms with Gasteiger partial charge in [0.15, 0.2) is 0 Å². The van der Waals surface area contributed by atoms with Crippen LogP contribution in [-0.2, 0) is 19.1 Å². The summed E-state index contributed by atoms with van der Waals surface area (Å²) in [5.41, 5.74) is 5.25. The van der Waals surface area contributed by atoms with Gasteiger partial charge in [0.25, 0.3) is 0 Å². The smallest absolute Gasteiger partial charge is 0.222 e. The lowest BCUT2D eigenvalue weighted by Gasteiger charge is -2.07. The first-order chi connectivity index (χ1) is 9.70. The van der Waals surface area contributed by atoms with Crippen LogP contribution in [0.3, 0.4) is 0 Å². The van der Waals surface area contributed by atoms with E-state index >= 15 is 0 Å². The van der Waals surface area contributed by atoms with Crippen molar-refractivity contribution in [3.05, 3.63) is 0 Å². The number of carbonyl (C=O) groups excluding carboxylic acids is 2. The third kappa shape index (κ3) is 13.3. The molecule has 0 rings (SSSR count). The van der Waals surface area contributed by atoms with Gasteiger partial charge in [-0.2, -0.15) is 0 Å². The summed E-state index contributed by atoms with van der Waals surface area (Å²) in [4.78, 5) is 22.4. The van der Waals surface area contributed by atoms with Gasteiger partial charge in [0.1, 0.15) is 0 Å². The minimum Gasteiger partial charge on any atom is -0.380 e. The Bertz CT molecular complexity index is 262. The van der Waals surface area contributed by atoms with Gasteiger partial charge in [0.05, 0.1) is 26.4 Å². The average molecular weight is 289 g/mol. The molecule has 0 spiro atoms. The molecule has 0 bridgehead atoms. The normalized spacial score (nSPS) is 10.3. The SMILES string of the molecule is CCCC(=O)NCCOCCNC(=O)CCOCCN. The van der Waals surface area contributed by atoms with E-state index in [-0.39, 0.29) is 11.8 Å². The first-order valence-electron chi connectivity index (χ1n) is 7.09. The van der Waals surface area contributed by atoms with Crippen LogP contribution in [0.1, 0.15) is 26.2 Å². The van der Waals surface area contributed by atoms with Crippen LogP contribution in [0.4, 0.5) is 0 Å². The van der Waals surface area contributed by atoms with Crippen LogP contribution in [-0.4, -0.2) is 57.9 Å². The van der Waals surface area contributed by atoms with Crippen molar-refractivity contribution in [2.75, 3.05) is 46.1 Å². The number of nitrogens with two attached hydrogens (primary N) is 1. The van der Waals surface area contributed by atoms with Crippen molar-refractivity contribution in [3.63, 3.8) is 0 Å². The van der Waals surface area contributed by atoms with Gasteiger partial charge < -0.3 is 25.8 Å². The predicted octanol–water partition coefficient (Wildman–Crippen LogP) is -0.599. The first-order valence-corrected chi connectivity index (χ1v) is 7.09. The van der Waals surface area contributed by atoms with E-state index in [0.717, 1.165) is 6.42 Å². The second-order valence-electron chi connectivity index (χ2n) is 4.21. The molecule has 0 aromatic heterocycles. The van der Waals surface area contributed by atoms with Gasteiger partial charge in [0.2, 0.25) is 11.8 Å². The zero-order valence-corrected chi connectivity index (χ0v) is 12.3. The molecule has 7 nitrogen and oxygen atoms in total. The van der Waals surface area contributed by atoms with E-state index < -0.39 is 0 Å². The Labute approximate surface area is 120 Å². The molecule has 118 valence electrons. The summed E-state index contributed by atoms with van der Waals surface area (Å²) in [7, 11) is 0. The zero-order valence-electron chi connectivity index (χ0n) is 12.3. The molecule has 0 atom stereocenters. The van der Waals surface area contributed by atoms with E-state index in [1.54, 1.807) is 0 Å². The van der Waals surface area contributed by atoms with Crippen molar-refractivity contribution < 1.29 is 19.1 Å². The summed E-state index contributed by atoms with van der Waals surface area (Å²) >= 11 is 0. The second-order valence-corrected chi connectivity index (χ2v) is 4.21. The van der Waals surface area contributed by atoms with E-state index in [9.17, 15) is 9.59 Å². The van der Waals surface area contributed by atoms with Gasteiger partial charge in [-0.15, -0.1) is 0 Å². The molecule has 0 aromatic carbocycles. The van der Waals surface area contributed by atoms with Crippen LogP contribution >= 0.6 is 0 Å². The molecule has 0 radical (unpaired) electrons. The van der Waals surface area contributed by atoms with Gasteiger partial charge in [-0.3, -0.25) is 9.59 Å². The average Bonchev–Trinajstić information content (AvgIpc) is 2.43. The molecule has 4 N–H and O–H groups in total. The Morgan fingerprint density at radius 3 is 2.00 bits per heavy atom. The quantitative estimate of drug-likeness (QED) is 0.393. The Hall–Kier alpha value is -1.18. The van der Waals surface area contributed by atoms with Crippen LogP contribution in [0.5, 0.6) is 0 Å². The van der Waals surface area contributed by atoms with E-state index in [4.69, 9.17) is 15.2 Å². The predicted molar refractivity (Wildman–Crippen MR) is 76.2 cm³/mol. The lowest BCUT2D eigenvalue weighted by atomic mass is 10.3. The molecule has 7 heteroatoms. The maximum absolute atomic E-state index is 11.3. The maximum Gasteiger partial charge on any atom is 0.222 e. The molecule has 20 heavy (non-hydrogen) atoms. The third-order valence-corrected chi connectivity index (χ3v) is 2.35. The standard InChI is InChI=1S/C13H27N3O4/c1-2-3-12(17)15-6-10-20-11-7-16-13(18)4-8-19-9-5-14/h2-11,14H2,1H3,(H,15,17)(H,16,18). The van der Waals surface area contributed by atoms with Crippen molar-refractivity contribution in [3.8, 4) is 0 Å². The molecule has 2 amide bonds. The van der Waals surface area contributed by atoms with Gasteiger partial charge in [-0.1, -0.05) is 6.92 Å². The maximum atomic E-state index is 11.3. The number of carbonyl (C=O) groups is 2. The summed E-state index contributed by atoms with van der Waals surface area (Å²) < 4.78 is 10.4. The molecule has 0 aliphatic heterocycles. The van der Waals surface area contributed by atoms with Gasteiger partial charge >= 0.3 is 0 Å². The Morgan fingerprint density at radius 1 is 0.900 bits per heavy atom. The van der Waals surface area contributed by atoms with Gasteiger partial charge in [-0.25, -0.2) is 0 Å². The van der Waals surface area contributed by atoms with Crippen LogP contribution < -0.4 is 16.4 Å². The molecule has 0 saturated carbocycles. The van der Waals surface area contributed by atoms with Crippen molar-refractivity contribution in [1.29, 1.82) is 0 Å². The van der Waals surface area contributed by atoms with Crippen LogP contribution in [0.15, 0.2) is 0 Å². The Kier molecular flexibility index (Phi) is 13.4. The molecule has 0 aromatic rings. The number of amides is 2. The molecule has 0 unspecified atom stereocenters. The van der Waals surface area contributed by atoms with Crippen LogP contribution in [0.2, 0.25) is 0 Å². The van der Waals surface area contributed by atoms with Gasteiger partial charge in [0, 0.05) is 32.5 Å². The summed E-state index contributed by atoms with van der Waals surface area (Å²) in [6, 6.07) is 0. The number of nitrogens with one attached hydrogen (secondary N) is 2. The summed E-state index contributed by atoms with van der Waals surface area (Å²) in [5, 5.41) is 5.46. The van der Waals surface area contributed by atoms with E-state index in [1.165, 1.54) is 0 Å². The van der Waals surface area contributed by atoms with Crippen LogP contribution in [0.25, 0.3) is 0 Å². The highest BCUT2D eigenvalue weighted by atomic mass is 16.5. The molecule has 0 fully saturated rings. The summed E-state index contributed by atoms with van der Waals surface area (Å²) in [5.74, 6) is -0.0243. The zero-order chi connectivity index (χ0) is 15.1. The fraction of sp³-hybridized carbons (Fsp3) is 0.846. The Balaban J connectivity index is 3.23. The summed E-state index contributed by atoms with van der Waals surface area (Å²) in [6.07, 6.45) is 1.71. The van der Waals surface area contributed by atoms with Crippen molar-refractivity contribution >= 4 is 11.8 Å². The molecular formula is C13H27N3O4. The fourth-order valence-electron chi connectivity index (χ4n) is 1.38. The lowest BCUT2D eigenvalue weighted by molar-refractivity contribution is -0.122. The minimum atomic E-state index is -0.0677. The molecule has 0 aliphatic carbocycles. The third-order valence-electron chi connectivity index (χ3n) is 2.35. The second kappa shape index (κ2) is 14.2. The van der Waals surface area contributed by atoms with E-state index in [1.807, 2.05) is 6.92 Å². The van der Waals surface area contributed by atoms with Crippen molar-refractivity contribution in [1.82, 2.24) is 10.6 Å². The van der Waals surface area contributed by atoms with Crippen LogP contribution in [0, 0.1) is 0 Å². The minimum absolute atomic E-state index is 0.0434. The molecular weight excluding hydrogens is 262 g/mol. The largest absolute Gasteiger partial charge is 0.380 e. The summed E-state index contributed by atoms with van der Waals surface area (Å²) in [6.45, 7) is 5.11. The van der Waals surface area contributed by atoms with Crippen molar-refractivity contribution in [2.24, 2.45) is 5.73 Å². The highest BCUT2D eigenvalue weighted by Gasteiger charge is 2.00. The van der Waals surface area contributed by atoms with E-state index in [0.29, 0.717) is 58.9 Å². The number of hydrogen-bond acceptors (Lipinski definition) is 5. The highest BCUT2D eigenvalue weighted by molar-refractivity contribution is 5.76. The fourth-order valence-corrected chi connectivity index (χ4v) is 1.38. The highest BCUT2D eigenvalue weighted by Crippen LogP contribution is 1.85. The number of hydrogen-bond donors (Lipinski definition) is 3. The van der Waals surface area contributed by atoms with Crippen molar-refractivity contribution in [2.45, 2.75) is 26.2 Å².